The van der Waals surface area contributed by atoms with Crippen molar-refractivity contribution in [1.29, 1.82) is 0 Å². The van der Waals surface area contributed by atoms with E-state index < -0.39 is 0 Å². The number of benzene rings is 1. The molecular weight excluding hydrogens is 250 g/mol. The molecule has 4 nitrogen and oxygen atoms in total. The summed E-state index contributed by atoms with van der Waals surface area (Å²) in [4.78, 5) is 20.1. The van der Waals surface area contributed by atoms with Gasteiger partial charge in [-0.1, -0.05) is 0 Å². The SMILES string of the molecule is CC(C)N1CCN(C(=O)c2ccc3[nH]ccc3c2)CC1. The number of amides is 1. The predicted octanol–water partition coefficient (Wildman–Crippen LogP) is 2.33. The average molecular weight is 271 g/mol. The van der Waals surface area contributed by atoms with Crippen LogP contribution in [0.25, 0.3) is 10.9 Å². The standard InChI is InChI=1S/C16H21N3O/c1-12(2)18-7-9-19(10-8-18)16(20)14-3-4-15-13(11-14)5-6-17-15/h3-6,11-12,17H,7-10H2,1-2H3. The highest BCUT2D eigenvalue weighted by molar-refractivity contribution is 5.98. The maximum absolute atomic E-state index is 12.5. The normalized spacial score (nSPS) is 17.1. The molecule has 0 saturated carbocycles. The monoisotopic (exact) mass is 271 g/mol. The molecular formula is C16H21N3O. The van der Waals surface area contributed by atoms with Crippen molar-refractivity contribution in [2.24, 2.45) is 0 Å². The number of hydrogen-bond acceptors (Lipinski definition) is 2. The topological polar surface area (TPSA) is 39.3 Å². The first-order valence-corrected chi connectivity index (χ1v) is 7.25. The number of aromatic nitrogens is 1. The van der Waals surface area contributed by atoms with E-state index in [1.165, 1.54) is 0 Å². The molecule has 0 spiro atoms. The second-order valence-corrected chi connectivity index (χ2v) is 5.70. The third-order valence-electron chi connectivity index (χ3n) is 4.13. The van der Waals surface area contributed by atoms with Gasteiger partial charge in [0.1, 0.15) is 0 Å². The van der Waals surface area contributed by atoms with Gasteiger partial charge in [-0.3, -0.25) is 9.69 Å². The van der Waals surface area contributed by atoms with Crippen molar-refractivity contribution in [3.63, 3.8) is 0 Å². The van der Waals surface area contributed by atoms with Crippen LogP contribution in [0.4, 0.5) is 0 Å². The molecule has 0 bridgehead atoms. The van der Waals surface area contributed by atoms with Crippen molar-refractivity contribution >= 4 is 16.8 Å². The zero-order valence-electron chi connectivity index (χ0n) is 12.1. The van der Waals surface area contributed by atoms with Gasteiger partial charge in [-0.15, -0.1) is 0 Å². The number of carbonyl (C=O) groups is 1. The van der Waals surface area contributed by atoms with Crippen molar-refractivity contribution in [1.82, 2.24) is 14.8 Å². The molecule has 1 N–H and O–H groups in total. The van der Waals surface area contributed by atoms with Gasteiger partial charge in [-0.25, -0.2) is 0 Å². The molecule has 0 aliphatic carbocycles. The van der Waals surface area contributed by atoms with Crippen LogP contribution < -0.4 is 0 Å². The van der Waals surface area contributed by atoms with Gasteiger partial charge in [-0.2, -0.15) is 0 Å². The molecule has 1 aliphatic heterocycles. The van der Waals surface area contributed by atoms with Crippen molar-refractivity contribution in [2.75, 3.05) is 26.2 Å². The van der Waals surface area contributed by atoms with Crippen LogP contribution in [-0.2, 0) is 0 Å². The van der Waals surface area contributed by atoms with E-state index in [1.807, 2.05) is 35.4 Å². The molecule has 1 aliphatic rings. The third-order valence-corrected chi connectivity index (χ3v) is 4.13. The Morgan fingerprint density at radius 1 is 1.15 bits per heavy atom. The zero-order valence-corrected chi connectivity index (χ0v) is 12.1. The van der Waals surface area contributed by atoms with Crippen molar-refractivity contribution in [2.45, 2.75) is 19.9 Å². The molecule has 1 aromatic heterocycles. The van der Waals surface area contributed by atoms with Crippen LogP contribution in [0, 0.1) is 0 Å². The van der Waals surface area contributed by atoms with Crippen molar-refractivity contribution in [3.05, 3.63) is 36.0 Å². The smallest absolute Gasteiger partial charge is 0.253 e. The highest BCUT2D eigenvalue weighted by atomic mass is 16.2. The molecule has 2 heterocycles. The third kappa shape index (κ3) is 2.43. The van der Waals surface area contributed by atoms with Gasteiger partial charge in [0, 0.05) is 54.9 Å². The minimum absolute atomic E-state index is 0.150. The molecule has 2 aromatic rings. The van der Waals surface area contributed by atoms with Crippen LogP contribution in [0.1, 0.15) is 24.2 Å². The van der Waals surface area contributed by atoms with Gasteiger partial charge in [0.05, 0.1) is 0 Å². The lowest BCUT2D eigenvalue weighted by Crippen LogP contribution is -2.50. The van der Waals surface area contributed by atoms with E-state index in [1.54, 1.807) is 0 Å². The highest BCUT2D eigenvalue weighted by Crippen LogP contribution is 2.17. The Hall–Kier alpha value is -1.81. The molecule has 1 fully saturated rings. The first kappa shape index (κ1) is 13.2. The minimum atomic E-state index is 0.150. The molecule has 20 heavy (non-hydrogen) atoms. The molecule has 1 amide bonds. The van der Waals surface area contributed by atoms with Gasteiger partial charge in [0.25, 0.3) is 5.91 Å². The van der Waals surface area contributed by atoms with Crippen LogP contribution in [0.15, 0.2) is 30.5 Å². The lowest BCUT2D eigenvalue weighted by molar-refractivity contribution is 0.0595. The quantitative estimate of drug-likeness (QED) is 0.910. The second-order valence-electron chi connectivity index (χ2n) is 5.70. The van der Waals surface area contributed by atoms with Crippen LogP contribution in [-0.4, -0.2) is 52.9 Å². The number of piperazine rings is 1. The Morgan fingerprint density at radius 2 is 1.90 bits per heavy atom. The Labute approximate surface area is 119 Å². The number of rotatable bonds is 2. The maximum Gasteiger partial charge on any atom is 0.253 e. The zero-order chi connectivity index (χ0) is 14.1. The van der Waals surface area contributed by atoms with Gasteiger partial charge in [0.2, 0.25) is 0 Å². The number of nitrogens with one attached hydrogen (secondary N) is 1. The lowest BCUT2D eigenvalue weighted by atomic mass is 10.1. The van der Waals surface area contributed by atoms with E-state index >= 15 is 0 Å². The lowest BCUT2D eigenvalue weighted by Gasteiger charge is -2.37. The summed E-state index contributed by atoms with van der Waals surface area (Å²) < 4.78 is 0. The van der Waals surface area contributed by atoms with Crippen LogP contribution in [0.5, 0.6) is 0 Å². The van der Waals surface area contributed by atoms with E-state index in [0.717, 1.165) is 42.6 Å². The Balaban J connectivity index is 1.73. The highest BCUT2D eigenvalue weighted by Gasteiger charge is 2.23. The summed E-state index contributed by atoms with van der Waals surface area (Å²) in [5, 5.41) is 1.09. The summed E-state index contributed by atoms with van der Waals surface area (Å²) in [5.41, 5.74) is 1.86. The number of aromatic amines is 1. The second kappa shape index (κ2) is 5.29. The summed E-state index contributed by atoms with van der Waals surface area (Å²) in [5.74, 6) is 0.150. The number of fused-ring (bicyclic) bond motifs is 1. The number of carbonyl (C=O) groups excluding carboxylic acids is 1. The van der Waals surface area contributed by atoms with Crippen molar-refractivity contribution in [3.8, 4) is 0 Å². The number of hydrogen-bond donors (Lipinski definition) is 1. The Bertz CT molecular complexity index is 609. The fraction of sp³-hybridized carbons (Fsp3) is 0.438. The molecule has 0 atom stereocenters. The number of H-pyrrole nitrogens is 1. The van der Waals surface area contributed by atoms with E-state index in [9.17, 15) is 4.79 Å². The average Bonchev–Trinajstić information content (AvgIpc) is 2.94. The van der Waals surface area contributed by atoms with Crippen LogP contribution in [0.2, 0.25) is 0 Å². The summed E-state index contributed by atoms with van der Waals surface area (Å²) in [7, 11) is 0. The molecule has 1 saturated heterocycles. The summed E-state index contributed by atoms with van der Waals surface area (Å²) in [6, 6.07) is 8.43. The summed E-state index contributed by atoms with van der Waals surface area (Å²) >= 11 is 0. The van der Waals surface area contributed by atoms with Crippen LogP contribution in [0.3, 0.4) is 0 Å². The molecule has 1 aromatic carbocycles. The molecule has 106 valence electrons. The summed E-state index contributed by atoms with van der Waals surface area (Å²) in [6.45, 7) is 7.99. The van der Waals surface area contributed by atoms with Crippen LogP contribution >= 0.6 is 0 Å². The van der Waals surface area contributed by atoms with E-state index in [0.29, 0.717) is 6.04 Å². The van der Waals surface area contributed by atoms with E-state index in [-0.39, 0.29) is 5.91 Å². The number of nitrogens with zero attached hydrogens (tertiary/aromatic N) is 2. The Morgan fingerprint density at radius 3 is 2.60 bits per heavy atom. The van der Waals surface area contributed by atoms with Gasteiger partial charge < -0.3 is 9.88 Å². The fourth-order valence-electron chi connectivity index (χ4n) is 2.81. The summed E-state index contributed by atoms with van der Waals surface area (Å²) in [6.07, 6.45) is 1.90. The molecule has 0 unspecified atom stereocenters. The first-order chi connectivity index (χ1) is 9.65. The largest absolute Gasteiger partial charge is 0.361 e. The van der Waals surface area contributed by atoms with E-state index in [4.69, 9.17) is 0 Å². The predicted molar refractivity (Wildman–Crippen MR) is 80.9 cm³/mol. The van der Waals surface area contributed by atoms with Gasteiger partial charge in [0.15, 0.2) is 0 Å². The van der Waals surface area contributed by atoms with Gasteiger partial charge >= 0.3 is 0 Å². The minimum Gasteiger partial charge on any atom is -0.361 e. The van der Waals surface area contributed by atoms with E-state index in [2.05, 4.69) is 23.7 Å². The molecule has 4 heteroatoms. The first-order valence-electron chi connectivity index (χ1n) is 7.25. The fourth-order valence-corrected chi connectivity index (χ4v) is 2.81. The Kier molecular flexibility index (Phi) is 3.49. The van der Waals surface area contributed by atoms with Gasteiger partial charge in [-0.05, 0) is 38.1 Å². The maximum atomic E-state index is 12.5. The van der Waals surface area contributed by atoms with Crippen molar-refractivity contribution < 1.29 is 4.79 Å². The molecule has 0 radical (unpaired) electrons. The molecule has 3 rings (SSSR count).